The summed E-state index contributed by atoms with van der Waals surface area (Å²) >= 11 is 0. The van der Waals surface area contributed by atoms with E-state index in [9.17, 15) is 9.59 Å². The Bertz CT molecular complexity index is 550. The fourth-order valence-electron chi connectivity index (χ4n) is 1.89. The number of hydrogen-bond acceptors (Lipinski definition) is 4. The number of benzene rings is 1. The molecule has 1 N–H and O–H groups in total. The summed E-state index contributed by atoms with van der Waals surface area (Å²) in [6.07, 6.45) is -0.216. The summed E-state index contributed by atoms with van der Waals surface area (Å²) in [6, 6.07) is 7.84. The molecule has 6 nitrogen and oxygen atoms in total. The molecule has 98 valence electrons. The third-order valence-corrected chi connectivity index (χ3v) is 2.90. The highest BCUT2D eigenvalue weighted by Crippen LogP contribution is 2.19. The monoisotopic (exact) mass is 259 g/mol. The summed E-state index contributed by atoms with van der Waals surface area (Å²) in [5, 5.41) is 11.5. The van der Waals surface area contributed by atoms with Crippen LogP contribution in [0.25, 0.3) is 0 Å². The van der Waals surface area contributed by atoms with Gasteiger partial charge in [-0.2, -0.15) is 5.26 Å². The smallest absolute Gasteiger partial charge is 0.328 e. The lowest BCUT2D eigenvalue weighted by molar-refractivity contribution is -0.119. The number of rotatable bonds is 2. The van der Waals surface area contributed by atoms with Gasteiger partial charge in [0, 0.05) is 13.7 Å². The molecule has 1 aliphatic rings. The van der Waals surface area contributed by atoms with Crippen LogP contribution in [0.4, 0.5) is 10.5 Å². The van der Waals surface area contributed by atoms with Gasteiger partial charge in [0.25, 0.3) is 0 Å². The van der Waals surface area contributed by atoms with Crippen LogP contribution in [-0.4, -0.2) is 31.7 Å². The van der Waals surface area contributed by atoms with Gasteiger partial charge in [-0.15, -0.1) is 0 Å². The van der Waals surface area contributed by atoms with E-state index in [1.165, 1.54) is 13.2 Å². The number of anilines is 1. The van der Waals surface area contributed by atoms with Crippen LogP contribution in [0, 0.1) is 11.3 Å². The average molecular weight is 259 g/mol. The van der Waals surface area contributed by atoms with Gasteiger partial charge < -0.3 is 10.1 Å². The van der Waals surface area contributed by atoms with Crippen molar-refractivity contribution in [2.24, 2.45) is 0 Å². The molecule has 0 aliphatic carbocycles. The lowest BCUT2D eigenvalue weighted by atomic mass is 10.2. The van der Waals surface area contributed by atoms with Gasteiger partial charge in [-0.3, -0.25) is 4.79 Å². The molecule has 1 aliphatic heterocycles. The van der Waals surface area contributed by atoms with Crippen LogP contribution in [0.15, 0.2) is 24.3 Å². The van der Waals surface area contributed by atoms with Crippen molar-refractivity contribution in [3.05, 3.63) is 29.8 Å². The van der Waals surface area contributed by atoms with E-state index in [1.54, 1.807) is 18.2 Å². The van der Waals surface area contributed by atoms with Gasteiger partial charge in [0.2, 0.25) is 5.91 Å². The number of ether oxygens (including phenoxy) is 1. The number of carbonyl (C=O) groups is 2. The lowest BCUT2D eigenvalue weighted by Crippen LogP contribution is -2.41. The number of nitrogens with one attached hydrogen (secondary N) is 1. The van der Waals surface area contributed by atoms with Gasteiger partial charge in [-0.1, -0.05) is 6.07 Å². The molecule has 1 saturated heterocycles. The highest BCUT2D eigenvalue weighted by molar-refractivity contribution is 6.14. The van der Waals surface area contributed by atoms with Gasteiger partial charge in [-0.25, -0.2) is 9.69 Å². The van der Waals surface area contributed by atoms with E-state index in [1.807, 2.05) is 6.07 Å². The molecule has 0 aromatic heterocycles. The second-order valence-corrected chi connectivity index (χ2v) is 4.14. The van der Waals surface area contributed by atoms with E-state index >= 15 is 0 Å². The number of hydrogen-bond donors (Lipinski definition) is 1. The number of methoxy groups -OCH3 is 1. The number of carbonyl (C=O) groups excluding carboxylic acids is 2. The molecule has 1 aromatic carbocycles. The second-order valence-electron chi connectivity index (χ2n) is 4.14. The fourth-order valence-corrected chi connectivity index (χ4v) is 1.89. The van der Waals surface area contributed by atoms with Crippen molar-refractivity contribution < 1.29 is 14.3 Å². The first-order chi connectivity index (χ1) is 9.15. The quantitative estimate of drug-likeness (QED) is 0.859. The number of urea groups is 1. The minimum absolute atomic E-state index is 0.117. The molecular formula is C13H13N3O3. The maximum Gasteiger partial charge on any atom is 0.328 e. The Morgan fingerprint density at radius 1 is 1.47 bits per heavy atom. The molecule has 0 spiro atoms. The molecular weight excluding hydrogens is 246 g/mol. The molecule has 19 heavy (non-hydrogen) atoms. The minimum atomic E-state index is -0.500. The van der Waals surface area contributed by atoms with E-state index < -0.39 is 6.03 Å². The number of nitrogens with zero attached hydrogens (tertiary/aromatic N) is 2. The first kappa shape index (κ1) is 13.1. The van der Waals surface area contributed by atoms with Crippen molar-refractivity contribution in [3.63, 3.8) is 0 Å². The van der Waals surface area contributed by atoms with E-state index in [-0.39, 0.29) is 25.0 Å². The largest absolute Gasteiger partial charge is 0.379 e. The van der Waals surface area contributed by atoms with Crippen LogP contribution in [0.2, 0.25) is 0 Å². The van der Waals surface area contributed by atoms with Gasteiger partial charge >= 0.3 is 6.03 Å². The molecule has 1 heterocycles. The van der Waals surface area contributed by atoms with Crippen LogP contribution in [-0.2, 0) is 9.53 Å². The maximum absolute atomic E-state index is 12.1. The van der Waals surface area contributed by atoms with Crippen LogP contribution >= 0.6 is 0 Å². The van der Waals surface area contributed by atoms with E-state index in [0.29, 0.717) is 11.3 Å². The van der Waals surface area contributed by atoms with Crippen molar-refractivity contribution in [1.29, 1.82) is 5.26 Å². The fraction of sp³-hybridized carbons (Fsp3) is 0.308. The molecule has 6 heteroatoms. The zero-order valence-electron chi connectivity index (χ0n) is 10.4. The van der Waals surface area contributed by atoms with Crippen molar-refractivity contribution in [1.82, 2.24) is 5.32 Å². The molecule has 1 atom stereocenters. The molecule has 1 unspecified atom stereocenters. The molecule has 1 fully saturated rings. The number of nitriles is 1. The SMILES string of the molecule is COC1CNC(=O)N(c2cccc(C#N)c2)C(=O)C1. The molecule has 0 bridgehead atoms. The molecule has 3 amide bonds. The summed E-state index contributed by atoms with van der Waals surface area (Å²) in [6.45, 7) is 0.287. The third kappa shape index (κ3) is 2.72. The average Bonchev–Trinajstić information content (AvgIpc) is 2.57. The molecule has 2 rings (SSSR count). The molecule has 0 saturated carbocycles. The zero-order chi connectivity index (χ0) is 13.8. The Kier molecular flexibility index (Phi) is 3.78. The Balaban J connectivity index is 2.33. The highest BCUT2D eigenvalue weighted by Gasteiger charge is 2.30. The molecule has 1 aromatic rings. The standard InChI is InChI=1S/C13H13N3O3/c1-19-11-6-12(17)16(13(18)15-8-11)10-4-2-3-9(5-10)7-14/h2-5,11H,6,8H2,1H3,(H,15,18). The Morgan fingerprint density at radius 2 is 2.26 bits per heavy atom. The van der Waals surface area contributed by atoms with Gasteiger partial charge in [0.1, 0.15) is 0 Å². The Labute approximate surface area is 110 Å². The van der Waals surface area contributed by atoms with E-state index in [0.717, 1.165) is 4.90 Å². The summed E-state index contributed by atoms with van der Waals surface area (Å²) in [4.78, 5) is 25.1. The van der Waals surface area contributed by atoms with E-state index in [2.05, 4.69) is 5.32 Å². The van der Waals surface area contributed by atoms with Gasteiger partial charge in [0.05, 0.1) is 29.8 Å². The maximum atomic E-state index is 12.1. The summed E-state index contributed by atoms with van der Waals surface area (Å²) in [5.41, 5.74) is 0.781. The molecule has 0 radical (unpaired) electrons. The Hall–Kier alpha value is -2.39. The van der Waals surface area contributed by atoms with Crippen molar-refractivity contribution in [3.8, 4) is 6.07 Å². The normalized spacial score (nSPS) is 19.6. The van der Waals surface area contributed by atoms with E-state index in [4.69, 9.17) is 10.00 Å². The summed E-state index contributed by atoms with van der Waals surface area (Å²) in [5.74, 6) is -0.350. The predicted octanol–water partition coefficient (Wildman–Crippen LogP) is 1.02. The van der Waals surface area contributed by atoms with Gasteiger partial charge in [-0.05, 0) is 18.2 Å². The summed E-state index contributed by atoms with van der Waals surface area (Å²) in [7, 11) is 1.50. The third-order valence-electron chi connectivity index (χ3n) is 2.90. The predicted molar refractivity (Wildman–Crippen MR) is 67.5 cm³/mol. The van der Waals surface area contributed by atoms with Crippen molar-refractivity contribution in [2.45, 2.75) is 12.5 Å². The first-order valence-corrected chi connectivity index (χ1v) is 5.79. The zero-order valence-corrected chi connectivity index (χ0v) is 10.4. The van der Waals surface area contributed by atoms with Gasteiger partial charge in [0.15, 0.2) is 0 Å². The second kappa shape index (κ2) is 5.50. The first-order valence-electron chi connectivity index (χ1n) is 5.79. The highest BCUT2D eigenvalue weighted by atomic mass is 16.5. The van der Waals surface area contributed by atoms with Crippen LogP contribution in [0.1, 0.15) is 12.0 Å². The van der Waals surface area contributed by atoms with Crippen molar-refractivity contribution in [2.75, 3.05) is 18.6 Å². The van der Waals surface area contributed by atoms with Crippen molar-refractivity contribution >= 4 is 17.6 Å². The Morgan fingerprint density at radius 3 is 2.95 bits per heavy atom. The van der Waals surface area contributed by atoms with Crippen LogP contribution in [0.5, 0.6) is 0 Å². The number of amides is 3. The van der Waals surface area contributed by atoms with Crippen LogP contribution in [0.3, 0.4) is 0 Å². The number of imide groups is 1. The summed E-state index contributed by atoms with van der Waals surface area (Å²) < 4.78 is 5.10. The lowest BCUT2D eigenvalue weighted by Gasteiger charge is -2.18. The minimum Gasteiger partial charge on any atom is -0.379 e. The topological polar surface area (TPSA) is 82.4 Å². The van der Waals surface area contributed by atoms with Crippen LogP contribution < -0.4 is 10.2 Å².